The average Bonchev–Trinajstić information content (AvgIpc) is 1.80. The molecule has 7 heteroatoms. The van der Waals surface area contributed by atoms with Gasteiger partial charge in [-0.05, 0) is 156 Å². The van der Waals surface area contributed by atoms with E-state index in [1.807, 2.05) is 88.1 Å². The van der Waals surface area contributed by atoms with Gasteiger partial charge in [-0.15, -0.1) is 29.7 Å². The van der Waals surface area contributed by atoms with Crippen LogP contribution in [0.15, 0.2) is 211 Å². The molecule has 5 heterocycles. The van der Waals surface area contributed by atoms with Gasteiger partial charge in [0, 0.05) is 63.3 Å². The zero-order valence-corrected chi connectivity index (χ0v) is 48.8. The Kier molecular flexibility index (Phi) is 10.7. The van der Waals surface area contributed by atoms with Crippen LogP contribution in [0.5, 0.6) is 11.5 Å². The molecule has 0 fully saturated rings. The Morgan fingerprint density at radius 3 is 1.99 bits per heavy atom. The summed E-state index contributed by atoms with van der Waals surface area (Å²) in [6.45, 7) is 7.76. The number of nitrogens with zero attached hydrogens (tertiary/aromatic N) is 4. The van der Waals surface area contributed by atoms with Crippen LogP contribution in [0.25, 0.3) is 128 Å². The molecule has 0 saturated heterocycles. The van der Waals surface area contributed by atoms with Crippen molar-refractivity contribution in [3.8, 4) is 84.3 Å². The van der Waals surface area contributed by atoms with Crippen molar-refractivity contribution in [2.24, 2.45) is 0 Å². The van der Waals surface area contributed by atoms with Crippen molar-refractivity contribution in [3.05, 3.63) is 247 Å². The molecule has 0 radical (unpaired) electrons. The second kappa shape index (κ2) is 19.5. The van der Waals surface area contributed by atoms with Crippen LogP contribution in [0.1, 0.15) is 72.0 Å². The molecule has 1 aliphatic heterocycles. The van der Waals surface area contributed by atoms with Crippen LogP contribution in [-0.4, -0.2) is 14.1 Å². The van der Waals surface area contributed by atoms with Crippen LogP contribution in [0.3, 0.4) is 0 Å². The van der Waals surface area contributed by atoms with Crippen LogP contribution in [-0.2, 0) is 31.9 Å². The van der Waals surface area contributed by atoms with Crippen LogP contribution >= 0.6 is 0 Å². The molecule has 406 valence electrons. The smallest absolute Gasteiger partial charge is 0.268 e. The molecule has 0 saturated carbocycles. The Morgan fingerprint density at radius 2 is 1.18 bits per heavy atom. The number of imidazole rings is 1. The molecule has 83 heavy (non-hydrogen) atoms. The molecule has 14 aromatic rings. The summed E-state index contributed by atoms with van der Waals surface area (Å²) in [6.07, 6.45) is 5.73. The van der Waals surface area contributed by atoms with Gasteiger partial charge in [-0.2, -0.15) is 18.2 Å². The van der Waals surface area contributed by atoms with E-state index in [1.165, 1.54) is 18.2 Å². The minimum atomic E-state index is -2.70. The summed E-state index contributed by atoms with van der Waals surface area (Å²) < 4.78 is 73.4. The van der Waals surface area contributed by atoms with Gasteiger partial charge in [-0.3, -0.25) is 4.57 Å². The fourth-order valence-electron chi connectivity index (χ4n) is 12.2. The van der Waals surface area contributed by atoms with Gasteiger partial charge in [-0.25, -0.2) is 4.98 Å². The van der Waals surface area contributed by atoms with Gasteiger partial charge in [-0.1, -0.05) is 174 Å². The minimum Gasteiger partial charge on any atom is -0.510 e. The van der Waals surface area contributed by atoms with Crippen molar-refractivity contribution in [1.82, 2.24) is 14.1 Å². The predicted molar refractivity (Wildman–Crippen MR) is 335 cm³/mol. The second-order valence-electron chi connectivity index (χ2n) is 23.5. The standard InChI is InChI=1S/C76H58N4O2.Pt/c1-46-18-15-19-47(2)72(46)62-27-17-26-61-63-41-50(75(3,4)5)31-33-57(63)55-22-9-10-23-56(55)65-39-49(48-30-35-70-64(38-48)60-25-12-14-29-69(60)82-70)40-68-74(65)79(73(61)62)45-78(68)52-20-16-21-53(43-52)81-54-32-34-59-58-24-11-13-28-66(58)80(67(59)44-54)71-42-51(36-37-77-71)76(6,7)8;/h9-42H,1-8H3;/q-2;/i1D3,2D3;. The van der Waals surface area contributed by atoms with Crippen molar-refractivity contribution in [1.29, 1.82) is 0 Å². The summed E-state index contributed by atoms with van der Waals surface area (Å²) in [4.78, 5) is 4.90. The number of rotatable bonds is 6. The van der Waals surface area contributed by atoms with Crippen molar-refractivity contribution in [2.45, 2.75) is 66.1 Å². The fourth-order valence-corrected chi connectivity index (χ4v) is 12.2. The first-order valence-corrected chi connectivity index (χ1v) is 27.8. The Bertz CT molecular complexity index is 5180. The first kappa shape index (κ1) is 45.5. The van der Waals surface area contributed by atoms with Gasteiger partial charge in [0.2, 0.25) is 0 Å². The van der Waals surface area contributed by atoms with E-state index in [2.05, 4.69) is 174 Å². The number of ether oxygens (including phenoxy) is 1. The SMILES string of the molecule is [2H]C([2H])([2H])c1cccc(C([2H])([2H])[2H])c1-c1cccc2c1-[n+]1[c-]n(-c3[c-]c(Oc4[c-]c5c(cc4)c4ccccc4n5-c4cc(C(C)(C)C)ccn4)ccc3)c3cc(-c4ccc5oc6ccccc6c5c4)cc(c31)-c1ccccc1-c1ccc(C(C)(C)C)cc1-2.[Pt]. The Balaban J connectivity index is 0.00000694. The van der Waals surface area contributed by atoms with Gasteiger partial charge in [0.25, 0.3) is 6.33 Å². The quantitative estimate of drug-likeness (QED) is 0.123. The average molecular weight is 1260 g/mol. The number of furan rings is 1. The number of hydrogen-bond donors (Lipinski definition) is 0. The number of hydrogen-bond acceptors (Lipinski definition) is 3. The normalized spacial score (nSPS) is 13.6. The molecule has 0 amide bonds. The number of para-hydroxylation sites is 3. The third-order valence-electron chi connectivity index (χ3n) is 16.4. The number of aryl methyl sites for hydroxylation is 2. The maximum absolute atomic E-state index is 9.00. The third kappa shape index (κ3) is 8.56. The van der Waals surface area contributed by atoms with Crippen LogP contribution in [0.4, 0.5) is 0 Å². The van der Waals surface area contributed by atoms with E-state index in [0.29, 0.717) is 28.4 Å². The van der Waals surface area contributed by atoms with Crippen LogP contribution < -0.4 is 9.30 Å². The van der Waals surface area contributed by atoms with Gasteiger partial charge < -0.3 is 18.3 Å². The van der Waals surface area contributed by atoms with Crippen molar-refractivity contribution < 1.29 is 43.0 Å². The molecule has 0 aliphatic carbocycles. The summed E-state index contributed by atoms with van der Waals surface area (Å²) in [6, 6.07) is 73.8. The van der Waals surface area contributed by atoms with Gasteiger partial charge in [0.05, 0.1) is 16.7 Å². The first-order chi connectivity index (χ1) is 42.2. The third-order valence-corrected chi connectivity index (χ3v) is 16.4. The molecule has 0 N–H and O–H groups in total. The maximum atomic E-state index is 9.00. The van der Waals surface area contributed by atoms with E-state index in [9.17, 15) is 0 Å². The molecular formula is C76H58N4O2Pt-2. The molecule has 0 unspecified atom stereocenters. The van der Waals surface area contributed by atoms with Gasteiger partial charge in [0.15, 0.2) is 0 Å². The van der Waals surface area contributed by atoms with Crippen LogP contribution in [0, 0.1) is 32.2 Å². The largest absolute Gasteiger partial charge is 0.510 e. The topological polar surface area (TPSA) is 49.0 Å². The number of aromatic nitrogens is 4. The summed E-state index contributed by atoms with van der Waals surface area (Å²) in [7, 11) is 0. The summed E-state index contributed by atoms with van der Waals surface area (Å²) >= 11 is 0. The summed E-state index contributed by atoms with van der Waals surface area (Å²) in [5, 5.41) is 4.06. The predicted octanol–water partition coefficient (Wildman–Crippen LogP) is 19.3. The maximum Gasteiger partial charge on any atom is 0.268 e. The minimum absolute atomic E-state index is 0. The monoisotopic (exact) mass is 1260 g/mol. The molecule has 1 aliphatic rings. The molecule has 6 nitrogen and oxygen atoms in total. The number of pyridine rings is 1. The van der Waals surface area contributed by atoms with E-state index in [-0.39, 0.29) is 48.6 Å². The van der Waals surface area contributed by atoms with Gasteiger partial charge in [0.1, 0.15) is 17.0 Å². The Labute approximate surface area is 506 Å². The molecule has 0 atom stereocenters. The first-order valence-electron chi connectivity index (χ1n) is 30.8. The van der Waals surface area contributed by atoms with E-state index in [0.717, 1.165) is 116 Å². The van der Waals surface area contributed by atoms with Crippen molar-refractivity contribution in [2.75, 3.05) is 0 Å². The van der Waals surface area contributed by atoms with Crippen molar-refractivity contribution >= 4 is 54.8 Å². The van der Waals surface area contributed by atoms with Crippen LogP contribution in [0.2, 0.25) is 0 Å². The molecule has 15 rings (SSSR count). The Hall–Kier alpha value is -9.09. The second-order valence-corrected chi connectivity index (χ2v) is 23.5. The van der Waals surface area contributed by atoms with Crippen molar-refractivity contribution in [3.63, 3.8) is 0 Å². The number of fused-ring (bicyclic) bond motifs is 13. The molecule has 0 bridgehead atoms. The van der Waals surface area contributed by atoms with E-state index >= 15 is 0 Å². The summed E-state index contributed by atoms with van der Waals surface area (Å²) in [5.74, 6) is 1.68. The van der Waals surface area contributed by atoms with E-state index < -0.39 is 13.7 Å². The molecular weight excluding hydrogens is 1200 g/mol. The fraction of sp³-hybridized carbons (Fsp3) is 0.132. The van der Waals surface area contributed by atoms with Gasteiger partial charge >= 0.3 is 0 Å². The molecule has 10 aromatic carbocycles. The molecule has 4 aromatic heterocycles. The van der Waals surface area contributed by atoms with E-state index in [4.69, 9.17) is 22.4 Å². The zero-order valence-electron chi connectivity index (χ0n) is 52.6. The molecule has 0 spiro atoms. The summed E-state index contributed by atoms with van der Waals surface area (Å²) in [5.41, 5.74) is 15.5. The van der Waals surface area contributed by atoms with E-state index in [1.54, 1.807) is 0 Å². The Morgan fingerprint density at radius 1 is 0.506 bits per heavy atom. The number of benzene rings is 10. The zero-order chi connectivity index (χ0) is 60.8.